The van der Waals surface area contributed by atoms with Crippen molar-refractivity contribution >= 4 is 0 Å². The molecule has 0 aliphatic carbocycles. The fourth-order valence-electron chi connectivity index (χ4n) is 1.62. The van der Waals surface area contributed by atoms with Crippen LogP contribution < -0.4 is 0 Å². The van der Waals surface area contributed by atoms with E-state index in [2.05, 4.69) is 52.0 Å². The van der Waals surface area contributed by atoms with Gasteiger partial charge in [0.05, 0.1) is 13.2 Å². The van der Waals surface area contributed by atoms with Crippen LogP contribution in [0.15, 0.2) is 53.6 Å². The molecule has 110 valence electrons. The van der Waals surface area contributed by atoms with Crippen molar-refractivity contribution in [3.8, 4) is 0 Å². The molecule has 1 rings (SSSR count). The highest BCUT2D eigenvalue weighted by Gasteiger charge is 2.09. The highest BCUT2D eigenvalue weighted by atomic mass is 16.7. The van der Waals surface area contributed by atoms with Gasteiger partial charge in [-0.15, -0.1) is 0 Å². The van der Waals surface area contributed by atoms with Crippen LogP contribution in [0.25, 0.3) is 0 Å². The summed E-state index contributed by atoms with van der Waals surface area (Å²) < 4.78 is 11.6. The molecule has 0 amide bonds. The Bertz CT molecular complexity index is 402. The minimum atomic E-state index is -0.205. The molecule has 0 saturated carbocycles. The van der Waals surface area contributed by atoms with Gasteiger partial charge in [0.1, 0.15) is 0 Å². The molecule has 0 aromatic heterocycles. The summed E-state index contributed by atoms with van der Waals surface area (Å²) >= 11 is 0. The molecule has 0 bridgehead atoms. The van der Waals surface area contributed by atoms with E-state index in [9.17, 15) is 0 Å². The quantitative estimate of drug-likeness (QED) is 0.512. The first-order valence-corrected chi connectivity index (χ1v) is 7.12. The first-order chi connectivity index (χ1) is 9.58. The minimum absolute atomic E-state index is 0.205. The maximum absolute atomic E-state index is 5.81. The fraction of sp³-hybridized carbons (Fsp3) is 0.444. The van der Waals surface area contributed by atoms with Crippen molar-refractivity contribution < 1.29 is 9.47 Å². The highest BCUT2D eigenvalue weighted by Crippen LogP contribution is 2.08. The molecule has 1 aromatic carbocycles. The van der Waals surface area contributed by atoms with Crippen molar-refractivity contribution in [3.63, 3.8) is 0 Å². The molecule has 0 spiro atoms. The van der Waals surface area contributed by atoms with Crippen molar-refractivity contribution in [2.45, 2.75) is 40.4 Å². The normalized spacial score (nSPS) is 10.4. The van der Waals surface area contributed by atoms with E-state index >= 15 is 0 Å². The second-order valence-corrected chi connectivity index (χ2v) is 5.35. The molecule has 0 radical (unpaired) electrons. The molecule has 0 aliphatic rings. The number of allylic oxidation sites excluding steroid dienone is 2. The Labute approximate surface area is 123 Å². The lowest BCUT2D eigenvalue weighted by Crippen LogP contribution is -2.20. The predicted molar refractivity (Wildman–Crippen MR) is 84.7 cm³/mol. The summed E-state index contributed by atoms with van der Waals surface area (Å²) in [4.78, 5) is 0. The average Bonchev–Trinajstić information content (AvgIpc) is 2.38. The Morgan fingerprint density at radius 3 is 1.85 bits per heavy atom. The summed E-state index contributed by atoms with van der Waals surface area (Å²) in [5.74, 6) is 0. The van der Waals surface area contributed by atoms with Crippen molar-refractivity contribution in [1.29, 1.82) is 0 Å². The van der Waals surface area contributed by atoms with Crippen LogP contribution in [-0.4, -0.2) is 19.5 Å². The lowest BCUT2D eigenvalue weighted by atomic mass is 10.1. The van der Waals surface area contributed by atoms with Crippen LogP contribution in [0.2, 0.25) is 0 Å². The second-order valence-electron chi connectivity index (χ2n) is 5.35. The van der Waals surface area contributed by atoms with Gasteiger partial charge < -0.3 is 9.47 Å². The van der Waals surface area contributed by atoms with Gasteiger partial charge in [0.2, 0.25) is 0 Å². The Morgan fingerprint density at radius 2 is 1.40 bits per heavy atom. The molecule has 2 nitrogen and oxygen atoms in total. The first-order valence-electron chi connectivity index (χ1n) is 7.12. The summed E-state index contributed by atoms with van der Waals surface area (Å²) in [6, 6.07) is 10.3. The maximum atomic E-state index is 5.81. The van der Waals surface area contributed by atoms with E-state index in [0.717, 1.165) is 6.42 Å². The van der Waals surface area contributed by atoms with Crippen LogP contribution in [0.5, 0.6) is 0 Å². The van der Waals surface area contributed by atoms with Crippen LogP contribution in [-0.2, 0) is 15.9 Å². The van der Waals surface area contributed by atoms with Crippen LogP contribution in [0.4, 0.5) is 0 Å². The molecular weight excluding hydrogens is 248 g/mol. The van der Waals surface area contributed by atoms with Crippen LogP contribution in [0, 0.1) is 0 Å². The van der Waals surface area contributed by atoms with Crippen LogP contribution >= 0.6 is 0 Å². The molecular formula is C18H26O2. The molecule has 0 heterocycles. The summed E-state index contributed by atoms with van der Waals surface area (Å²) in [5.41, 5.74) is 3.74. The zero-order valence-corrected chi connectivity index (χ0v) is 13.1. The maximum Gasteiger partial charge on any atom is 0.162 e. The third-order valence-corrected chi connectivity index (χ3v) is 2.79. The molecule has 0 atom stereocenters. The molecule has 0 aliphatic heterocycles. The van der Waals surface area contributed by atoms with Crippen molar-refractivity contribution in [2.24, 2.45) is 0 Å². The van der Waals surface area contributed by atoms with E-state index in [-0.39, 0.29) is 6.29 Å². The minimum Gasteiger partial charge on any atom is -0.348 e. The van der Waals surface area contributed by atoms with Crippen molar-refractivity contribution in [3.05, 3.63) is 59.2 Å². The highest BCUT2D eigenvalue weighted by molar-refractivity contribution is 5.15. The molecule has 2 heteroatoms. The largest absolute Gasteiger partial charge is 0.348 e. The molecule has 0 saturated heterocycles. The predicted octanol–water partition coefficient (Wildman–Crippen LogP) is 4.52. The smallest absolute Gasteiger partial charge is 0.162 e. The Morgan fingerprint density at radius 1 is 0.900 bits per heavy atom. The first kappa shape index (κ1) is 16.7. The van der Waals surface area contributed by atoms with Gasteiger partial charge in [0.25, 0.3) is 0 Å². The summed E-state index contributed by atoms with van der Waals surface area (Å²) in [5, 5.41) is 0. The van der Waals surface area contributed by atoms with E-state index < -0.39 is 0 Å². The zero-order chi connectivity index (χ0) is 14.8. The van der Waals surface area contributed by atoms with E-state index in [0.29, 0.717) is 13.2 Å². The van der Waals surface area contributed by atoms with Gasteiger partial charge in [-0.3, -0.25) is 0 Å². The zero-order valence-electron chi connectivity index (χ0n) is 13.1. The van der Waals surface area contributed by atoms with Crippen molar-refractivity contribution in [2.75, 3.05) is 13.2 Å². The van der Waals surface area contributed by atoms with E-state index in [1.54, 1.807) is 0 Å². The number of hydrogen-bond acceptors (Lipinski definition) is 2. The standard InChI is InChI=1S/C18H26O2/c1-15(2)10-12-19-18(20-13-11-16(3)4)14-17-8-6-5-7-9-17/h5-11,18H,12-14H2,1-4H3. The van der Waals surface area contributed by atoms with Crippen LogP contribution in [0.1, 0.15) is 33.3 Å². The fourth-order valence-corrected chi connectivity index (χ4v) is 1.62. The molecule has 1 aromatic rings. The summed E-state index contributed by atoms with van der Waals surface area (Å²) in [6.07, 6.45) is 4.71. The van der Waals surface area contributed by atoms with Gasteiger partial charge in [-0.1, -0.05) is 53.6 Å². The van der Waals surface area contributed by atoms with E-state index in [1.165, 1.54) is 16.7 Å². The number of benzene rings is 1. The van der Waals surface area contributed by atoms with E-state index in [1.807, 2.05) is 18.2 Å². The summed E-state index contributed by atoms with van der Waals surface area (Å²) in [6.45, 7) is 9.46. The van der Waals surface area contributed by atoms with E-state index in [4.69, 9.17) is 9.47 Å². The lowest BCUT2D eigenvalue weighted by molar-refractivity contribution is -0.125. The van der Waals surface area contributed by atoms with Gasteiger partial charge in [-0.05, 0) is 33.3 Å². The number of rotatable bonds is 8. The molecule has 0 unspecified atom stereocenters. The monoisotopic (exact) mass is 274 g/mol. The number of hydrogen-bond donors (Lipinski definition) is 0. The SMILES string of the molecule is CC(C)=CCOC(Cc1ccccc1)OCC=C(C)C. The Kier molecular flexibility index (Phi) is 7.93. The van der Waals surface area contributed by atoms with Gasteiger partial charge >= 0.3 is 0 Å². The van der Waals surface area contributed by atoms with Gasteiger partial charge in [-0.2, -0.15) is 0 Å². The lowest BCUT2D eigenvalue weighted by Gasteiger charge is -2.17. The third kappa shape index (κ3) is 7.93. The topological polar surface area (TPSA) is 18.5 Å². The Hall–Kier alpha value is -1.38. The summed E-state index contributed by atoms with van der Waals surface area (Å²) in [7, 11) is 0. The third-order valence-electron chi connectivity index (χ3n) is 2.79. The average molecular weight is 274 g/mol. The molecule has 20 heavy (non-hydrogen) atoms. The van der Waals surface area contributed by atoms with Gasteiger partial charge in [-0.25, -0.2) is 0 Å². The number of ether oxygens (including phenoxy) is 2. The van der Waals surface area contributed by atoms with Gasteiger partial charge in [0.15, 0.2) is 6.29 Å². The molecule has 0 fully saturated rings. The molecule has 0 N–H and O–H groups in total. The van der Waals surface area contributed by atoms with Gasteiger partial charge in [0, 0.05) is 6.42 Å². The van der Waals surface area contributed by atoms with Crippen LogP contribution in [0.3, 0.4) is 0 Å². The van der Waals surface area contributed by atoms with Crippen molar-refractivity contribution in [1.82, 2.24) is 0 Å². The second kappa shape index (κ2) is 9.51. The Balaban J connectivity index is 2.54.